The Morgan fingerprint density at radius 1 is 1.32 bits per heavy atom. The van der Waals surface area contributed by atoms with E-state index in [1.165, 1.54) is 30.8 Å². The van der Waals surface area contributed by atoms with Crippen molar-refractivity contribution in [3.8, 4) is 0 Å². The average Bonchev–Trinajstić information content (AvgIpc) is 3.14. The maximum atomic E-state index is 5.00. The van der Waals surface area contributed by atoms with Gasteiger partial charge in [0.15, 0.2) is 5.96 Å². The van der Waals surface area contributed by atoms with E-state index in [-0.39, 0.29) is 24.0 Å². The van der Waals surface area contributed by atoms with Gasteiger partial charge in [0.2, 0.25) is 0 Å². The van der Waals surface area contributed by atoms with Crippen molar-refractivity contribution in [3.05, 3.63) is 18.7 Å². The number of likely N-dealkylation sites (tertiary alicyclic amines) is 1. The van der Waals surface area contributed by atoms with Crippen LogP contribution in [0.15, 0.2) is 23.7 Å². The van der Waals surface area contributed by atoms with Crippen molar-refractivity contribution in [1.82, 2.24) is 19.8 Å². The monoisotopic (exact) mass is 477 g/mol. The van der Waals surface area contributed by atoms with Crippen LogP contribution in [0.25, 0.3) is 0 Å². The van der Waals surface area contributed by atoms with E-state index in [9.17, 15) is 0 Å². The van der Waals surface area contributed by atoms with E-state index in [0.29, 0.717) is 12.0 Å². The van der Waals surface area contributed by atoms with Gasteiger partial charge < -0.3 is 14.8 Å². The Bertz CT molecular complexity index is 516. The van der Waals surface area contributed by atoms with Gasteiger partial charge in [-0.05, 0) is 49.5 Å². The highest BCUT2D eigenvalue weighted by molar-refractivity contribution is 14.0. The maximum Gasteiger partial charge on any atom is 0.193 e. The van der Waals surface area contributed by atoms with Gasteiger partial charge in [-0.25, -0.2) is 4.98 Å². The van der Waals surface area contributed by atoms with Crippen molar-refractivity contribution in [3.63, 3.8) is 0 Å². The standard InChI is InChI=1S/C18H31N5S.HI/c1-3-20-18(21-12-16-5-10-24-11-6-16)22-8-4-15(2)17(13-22)23-9-7-19-14-23;/h7,9,14-17H,3-6,8,10-13H2,1-2H3,(H,20,21);1H. The third-order valence-electron chi connectivity index (χ3n) is 5.30. The number of halogens is 1. The fourth-order valence-corrected chi connectivity index (χ4v) is 4.87. The highest BCUT2D eigenvalue weighted by Gasteiger charge is 2.29. The SMILES string of the molecule is CCNC(=NCC1CCSCC1)N1CCC(C)C(n2ccnc2)C1.I. The molecular formula is C18H32IN5S. The molecule has 2 aliphatic heterocycles. The van der Waals surface area contributed by atoms with Gasteiger partial charge in [0.05, 0.1) is 12.4 Å². The average molecular weight is 477 g/mol. The molecule has 1 aromatic heterocycles. The summed E-state index contributed by atoms with van der Waals surface area (Å²) in [5, 5.41) is 3.52. The lowest BCUT2D eigenvalue weighted by molar-refractivity contribution is 0.188. The zero-order valence-corrected chi connectivity index (χ0v) is 18.6. The summed E-state index contributed by atoms with van der Waals surface area (Å²) >= 11 is 2.09. The Hall–Kier alpha value is -0.440. The summed E-state index contributed by atoms with van der Waals surface area (Å²) in [5.41, 5.74) is 0. The second-order valence-electron chi connectivity index (χ2n) is 7.04. The fraction of sp³-hybridized carbons (Fsp3) is 0.778. The summed E-state index contributed by atoms with van der Waals surface area (Å²) in [6.07, 6.45) is 9.77. The molecule has 3 rings (SSSR count). The number of hydrogen-bond donors (Lipinski definition) is 1. The summed E-state index contributed by atoms with van der Waals surface area (Å²) in [4.78, 5) is 11.7. The van der Waals surface area contributed by atoms with Crippen LogP contribution in [0.3, 0.4) is 0 Å². The predicted octanol–water partition coefficient (Wildman–Crippen LogP) is 3.49. The number of thioether (sulfide) groups is 1. The van der Waals surface area contributed by atoms with Crippen molar-refractivity contribution in [1.29, 1.82) is 0 Å². The van der Waals surface area contributed by atoms with Crippen molar-refractivity contribution < 1.29 is 0 Å². The van der Waals surface area contributed by atoms with Crippen LogP contribution in [0.1, 0.15) is 39.2 Å². The van der Waals surface area contributed by atoms with E-state index in [0.717, 1.165) is 38.1 Å². The number of nitrogens with zero attached hydrogens (tertiary/aromatic N) is 4. The van der Waals surface area contributed by atoms with Crippen LogP contribution in [0.5, 0.6) is 0 Å². The third-order valence-corrected chi connectivity index (χ3v) is 6.35. The Balaban J connectivity index is 0.00000225. The van der Waals surface area contributed by atoms with Gasteiger partial charge in [-0.3, -0.25) is 4.99 Å². The molecule has 2 aliphatic rings. The van der Waals surface area contributed by atoms with Crippen molar-refractivity contribution >= 4 is 41.7 Å². The first-order valence-corrected chi connectivity index (χ1v) is 10.5. The minimum Gasteiger partial charge on any atom is -0.357 e. The molecule has 0 bridgehead atoms. The van der Waals surface area contributed by atoms with Gasteiger partial charge >= 0.3 is 0 Å². The highest BCUT2D eigenvalue weighted by Crippen LogP contribution is 2.28. The normalized spacial score (nSPS) is 25.5. The molecular weight excluding hydrogens is 445 g/mol. The van der Waals surface area contributed by atoms with Crippen LogP contribution < -0.4 is 5.32 Å². The largest absolute Gasteiger partial charge is 0.357 e. The Morgan fingerprint density at radius 2 is 2.12 bits per heavy atom. The molecule has 1 N–H and O–H groups in total. The molecule has 2 unspecified atom stereocenters. The molecule has 2 atom stereocenters. The zero-order valence-electron chi connectivity index (χ0n) is 15.4. The Kier molecular flexibility index (Phi) is 8.89. The summed E-state index contributed by atoms with van der Waals surface area (Å²) in [6, 6.07) is 0.483. The van der Waals surface area contributed by atoms with E-state index >= 15 is 0 Å². The van der Waals surface area contributed by atoms with Crippen LogP contribution in [0, 0.1) is 11.8 Å². The van der Waals surface area contributed by atoms with Crippen LogP contribution in [-0.4, -0.2) is 58.1 Å². The van der Waals surface area contributed by atoms with Crippen LogP contribution >= 0.6 is 35.7 Å². The Morgan fingerprint density at radius 3 is 2.80 bits per heavy atom. The minimum absolute atomic E-state index is 0. The second-order valence-corrected chi connectivity index (χ2v) is 8.26. The number of hydrogen-bond acceptors (Lipinski definition) is 3. The van der Waals surface area contributed by atoms with Crippen LogP contribution in [0.4, 0.5) is 0 Å². The molecule has 7 heteroatoms. The van der Waals surface area contributed by atoms with E-state index in [1.54, 1.807) is 0 Å². The number of guanidine groups is 1. The van der Waals surface area contributed by atoms with Gasteiger partial charge in [0.1, 0.15) is 0 Å². The summed E-state index contributed by atoms with van der Waals surface area (Å²) < 4.78 is 2.26. The minimum atomic E-state index is 0. The number of aromatic nitrogens is 2. The maximum absolute atomic E-state index is 5.00. The number of nitrogens with one attached hydrogen (secondary N) is 1. The van der Waals surface area contributed by atoms with Crippen molar-refractivity contribution in [2.45, 2.75) is 39.2 Å². The van der Waals surface area contributed by atoms with Gasteiger partial charge in [-0.15, -0.1) is 24.0 Å². The molecule has 142 valence electrons. The second kappa shape index (κ2) is 10.6. The smallest absolute Gasteiger partial charge is 0.193 e. The topological polar surface area (TPSA) is 45.5 Å². The predicted molar refractivity (Wildman–Crippen MR) is 118 cm³/mol. The first-order chi connectivity index (χ1) is 11.8. The number of imidazole rings is 1. The first kappa shape index (κ1) is 20.9. The molecule has 0 saturated carbocycles. The summed E-state index contributed by atoms with van der Waals surface area (Å²) in [5.74, 6) is 5.16. The first-order valence-electron chi connectivity index (χ1n) is 9.36. The van der Waals surface area contributed by atoms with Crippen LogP contribution in [0.2, 0.25) is 0 Å². The van der Waals surface area contributed by atoms with E-state index < -0.39 is 0 Å². The van der Waals surface area contributed by atoms with Gasteiger partial charge in [0, 0.05) is 38.6 Å². The molecule has 0 radical (unpaired) electrons. The van der Waals surface area contributed by atoms with Gasteiger partial charge in [-0.2, -0.15) is 11.8 Å². The highest BCUT2D eigenvalue weighted by atomic mass is 127. The zero-order chi connectivity index (χ0) is 16.8. The molecule has 3 heterocycles. The summed E-state index contributed by atoms with van der Waals surface area (Å²) in [7, 11) is 0. The van der Waals surface area contributed by atoms with E-state index in [1.807, 2.05) is 12.5 Å². The van der Waals surface area contributed by atoms with Gasteiger partial charge in [0.25, 0.3) is 0 Å². The van der Waals surface area contributed by atoms with Gasteiger partial charge in [-0.1, -0.05) is 6.92 Å². The number of rotatable bonds is 4. The lowest BCUT2D eigenvalue weighted by Gasteiger charge is -2.39. The van der Waals surface area contributed by atoms with E-state index in [4.69, 9.17) is 4.99 Å². The molecule has 2 saturated heterocycles. The lowest BCUT2D eigenvalue weighted by Crippen LogP contribution is -2.49. The summed E-state index contributed by atoms with van der Waals surface area (Å²) in [6.45, 7) is 8.53. The third kappa shape index (κ3) is 5.77. The number of aliphatic imine (C=N–C) groups is 1. The molecule has 0 amide bonds. The quantitative estimate of drug-likeness (QED) is 0.410. The van der Waals surface area contributed by atoms with Crippen molar-refractivity contribution in [2.24, 2.45) is 16.8 Å². The lowest BCUT2D eigenvalue weighted by atomic mass is 9.93. The molecule has 2 fully saturated rings. The molecule has 1 aromatic rings. The molecule has 5 nitrogen and oxygen atoms in total. The Labute approximate surface area is 173 Å². The van der Waals surface area contributed by atoms with E-state index in [2.05, 4.69) is 51.6 Å². The van der Waals surface area contributed by atoms with Crippen LogP contribution in [-0.2, 0) is 0 Å². The fourth-order valence-electron chi connectivity index (χ4n) is 3.67. The molecule has 0 aliphatic carbocycles. The molecule has 0 aromatic carbocycles. The number of piperidine rings is 1. The molecule has 0 spiro atoms. The van der Waals surface area contributed by atoms with Crippen molar-refractivity contribution in [2.75, 3.05) is 37.7 Å². The molecule has 25 heavy (non-hydrogen) atoms.